The van der Waals surface area contributed by atoms with Crippen molar-refractivity contribution < 1.29 is 19.6 Å². The SMILES string of the molecule is COC(=O)c1ccc(B(O)O)cc1CBr. The molecule has 0 spiro atoms. The van der Waals surface area contributed by atoms with E-state index in [9.17, 15) is 4.79 Å². The van der Waals surface area contributed by atoms with Gasteiger partial charge in [0, 0.05) is 5.33 Å². The highest BCUT2D eigenvalue weighted by Gasteiger charge is 2.16. The Labute approximate surface area is 96.1 Å². The Balaban J connectivity index is 3.15. The molecule has 0 aliphatic rings. The fourth-order valence-corrected chi connectivity index (χ4v) is 1.66. The highest BCUT2D eigenvalue weighted by molar-refractivity contribution is 9.08. The fraction of sp³-hybridized carbons (Fsp3) is 0.222. The van der Waals surface area contributed by atoms with Crippen LogP contribution in [0.4, 0.5) is 0 Å². The lowest BCUT2D eigenvalue weighted by atomic mass is 9.79. The first-order valence-electron chi connectivity index (χ1n) is 4.23. The van der Waals surface area contributed by atoms with Gasteiger partial charge in [-0.15, -0.1) is 0 Å². The second-order valence-corrected chi connectivity index (χ2v) is 3.48. The molecule has 0 amide bonds. The Bertz CT molecular complexity index is 367. The molecule has 1 aromatic carbocycles. The molecule has 1 rings (SSSR count). The molecule has 0 unspecified atom stereocenters. The normalized spacial score (nSPS) is 9.87. The standard InChI is InChI=1S/C9H10BBrO4/c1-15-9(12)8-3-2-7(10(13)14)4-6(8)5-11/h2-4,13-14H,5H2,1H3. The number of carbonyl (C=O) groups excluding carboxylic acids is 1. The molecule has 0 saturated heterocycles. The monoisotopic (exact) mass is 272 g/mol. The topological polar surface area (TPSA) is 66.8 Å². The quantitative estimate of drug-likeness (QED) is 0.464. The summed E-state index contributed by atoms with van der Waals surface area (Å²) in [6.45, 7) is 0. The molecule has 0 aliphatic carbocycles. The molecule has 2 N–H and O–H groups in total. The van der Waals surface area contributed by atoms with Gasteiger partial charge < -0.3 is 14.8 Å². The Morgan fingerprint density at radius 2 is 2.20 bits per heavy atom. The van der Waals surface area contributed by atoms with E-state index in [0.717, 1.165) is 0 Å². The second-order valence-electron chi connectivity index (χ2n) is 2.92. The number of rotatable bonds is 3. The maximum atomic E-state index is 11.3. The van der Waals surface area contributed by atoms with Gasteiger partial charge in [0.05, 0.1) is 12.7 Å². The lowest BCUT2D eigenvalue weighted by Gasteiger charge is -2.07. The molecule has 15 heavy (non-hydrogen) atoms. The molecule has 4 nitrogen and oxygen atoms in total. The van der Waals surface area contributed by atoms with Crippen LogP contribution in [0.15, 0.2) is 18.2 Å². The number of methoxy groups -OCH3 is 1. The van der Waals surface area contributed by atoms with E-state index < -0.39 is 13.1 Å². The number of carbonyl (C=O) groups is 1. The van der Waals surface area contributed by atoms with Crippen LogP contribution in [0.5, 0.6) is 0 Å². The van der Waals surface area contributed by atoms with E-state index in [1.807, 2.05) is 0 Å². The molecule has 0 atom stereocenters. The van der Waals surface area contributed by atoms with Crippen LogP contribution >= 0.6 is 15.9 Å². The summed E-state index contributed by atoms with van der Waals surface area (Å²) in [6.07, 6.45) is 0. The Hall–Kier alpha value is -0.845. The molecule has 0 fully saturated rings. The van der Waals surface area contributed by atoms with Crippen molar-refractivity contribution in [2.75, 3.05) is 7.11 Å². The van der Waals surface area contributed by atoms with Gasteiger partial charge in [-0.1, -0.05) is 28.1 Å². The van der Waals surface area contributed by atoms with Crippen molar-refractivity contribution in [1.82, 2.24) is 0 Å². The first-order chi connectivity index (χ1) is 7.10. The first kappa shape index (κ1) is 12.2. The van der Waals surface area contributed by atoms with E-state index in [-0.39, 0.29) is 0 Å². The van der Waals surface area contributed by atoms with Crippen LogP contribution in [-0.2, 0) is 10.1 Å². The van der Waals surface area contributed by atoms with Crippen LogP contribution in [0.3, 0.4) is 0 Å². The van der Waals surface area contributed by atoms with E-state index in [1.165, 1.54) is 19.2 Å². The lowest BCUT2D eigenvalue weighted by molar-refractivity contribution is 0.0600. The number of ether oxygens (including phenoxy) is 1. The van der Waals surface area contributed by atoms with Gasteiger partial charge in [0.25, 0.3) is 0 Å². The molecule has 6 heteroatoms. The van der Waals surface area contributed by atoms with Gasteiger partial charge in [-0.25, -0.2) is 4.79 Å². The summed E-state index contributed by atoms with van der Waals surface area (Å²) in [5.74, 6) is -0.441. The van der Waals surface area contributed by atoms with Crippen LogP contribution in [0.25, 0.3) is 0 Å². The van der Waals surface area contributed by atoms with Gasteiger partial charge in [0.15, 0.2) is 0 Å². The molecule has 0 radical (unpaired) electrons. The third-order valence-electron chi connectivity index (χ3n) is 1.98. The molecule has 1 aromatic rings. The van der Waals surface area contributed by atoms with Gasteiger partial charge in [-0.05, 0) is 17.1 Å². The van der Waals surface area contributed by atoms with Crippen LogP contribution in [0.1, 0.15) is 15.9 Å². The summed E-state index contributed by atoms with van der Waals surface area (Å²) in [6, 6.07) is 4.53. The zero-order valence-electron chi connectivity index (χ0n) is 8.11. The Morgan fingerprint density at radius 1 is 1.53 bits per heavy atom. The molecular weight excluding hydrogens is 263 g/mol. The zero-order valence-corrected chi connectivity index (χ0v) is 9.69. The van der Waals surface area contributed by atoms with Crippen molar-refractivity contribution in [2.24, 2.45) is 0 Å². The molecule has 0 heterocycles. The summed E-state index contributed by atoms with van der Waals surface area (Å²) in [5, 5.41) is 18.4. The highest BCUT2D eigenvalue weighted by atomic mass is 79.9. The van der Waals surface area contributed by atoms with Gasteiger partial charge in [-0.3, -0.25) is 0 Å². The van der Waals surface area contributed by atoms with Crippen molar-refractivity contribution in [3.05, 3.63) is 29.3 Å². The Kier molecular flexibility index (Phi) is 4.32. The van der Waals surface area contributed by atoms with Crippen molar-refractivity contribution in [1.29, 1.82) is 0 Å². The smallest absolute Gasteiger partial charge is 0.465 e. The lowest BCUT2D eigenvalue weighted by Crippen LogP contribution is -2.30. The number of halogens is 1. The maximum Gasteiger partial charge on any atom is 0.488 e. The summed E-state index contributed by atoms with van der Waals surface area (Å²) >= 11 is 3.22. The third kappa shape index (κ3) is 2.81. The van der Waals surface area contributed by atoms with Gasteiger partial charge in [0.1, 0.15) is 0 Å². The zero-order chi connectivity index (χ0) is 11.4. The first-order valence-corrected chi connectivity index (χ1v) is 5.35. The minimum absolute atomic E-state index is 0.345. The van der Waals surface area contributed by atoms with Crippen LogP contribution in [-0.4, -0.2) is 30.2 Å². The molecule has 0 aromatic heterocycles. The summed E-state index contributed by atoms with van der Waals surface area (Å²) in [4.78, 5) is 11.3. The van der Waals surface area contributed by atoms with Crippen molar-refractivity contribution in [3.8, 4) is 0 Å². The van der Waals surface area contributed by atoms with E-state index in [2.05, 4.69) is 20.7 Å². The summed E-state index contributed by atoms with van der Waals surface area (Å²) in [7, 11) is -0.232. The number of alkyl halides is 1. The van der Waals surface area contributed by atoms with Crippen LogP contribution < -0.4 is 5.46 Å². The minimum Gasteiger partial charge on any atom is -0.465 e. The van der Waals surface area contributed by atoms with Crippen molar-refractivity contribution in [3.63, 3.8) is 0 Å². The predicted molar refractivity (Wildman–Crippen MR) is 60.2 cm³/mol. The van der Waals surface area contributed by atoms with E-state index in [0.29, 0.717) is 21.9 Å². The number of esters is 1. The highest BCUT2D eigenvalue weighted by Crippen LogP contribution is 2.12. The summed E-state index contributed by atoms with van der Waals surface area (Å²) < 4.78 is 4.59. The molecular formula is C9H10BBrO4. The van der Waals surface area contributed by atoms with E-state index >= 15 is 0 Å². The van der Waals surface area contributed by atoms with E-state index in [1.54, 1.807) is 6.07 Å². The van der Waals surface area contributed by atoms with Gasteiger partial charge >= 0.3 is 13.1 Å². The average Bonchev–Trinajstić information content (AvgIpc) is 2.27. The van der Waals surface area contributed by atoms with Crippen LogP contribution in [0.2, 0.25) is 0 Å². The maximum absolute atomic E-state index is 11.3. The van der Waals surface area contributed by atoms with Crippen molar-refractivity contribution in [2.45, 2.75) is 5.33 Å². The molecule has 0 bridgehead atoms. The predicted octanol–water partition coefficient (Wildman–Crippen LogP) is 0.0479. The Morgan fingerprint density at radius 3 is 2.67 bits per heavy atom. The third-order valence-corrected chi connectivity index (χ3v) is 2.58. The minimum atomic E-state index is -1.53. The molecule has 0 saturated carbocycles. The fourth-order valence-electron chi connectivity index (χ4n) is 1.19. The van der Waals surface area contributed by atoms with Gasteiger partial charge in [-0.2, -0.15) is 0 Å². The number of benzene rings is 1. The molecule has 0 aliphatic heterocycles. The van der Waals surface area contributed by atoms with Gasteiger partial charge in [0.2, 0.25) is 0 Å². The molecule has 80 valence electrons. The van der Waals surface area contributed by atoms with Crippen LogP contribution in [0, 0.1) is 0 Å². The second kappa shape index (κ2) is 5.30. The number of hydrogen-bond acceptors (Lipinski definition) is 4. The average molecular weight is 273 g/mol. The number of hydrogen-bond donors (Lipinski definition) is 2. The van der Waals surface area contributed by atoms with Crippen molar-refractivity contribution >= 4 is 34.5 Å². The summed E-state index contributed by atoms with van der Waals surface area (Å²) in [5.41, 5.74) is 1.42. The van der Waals surface area contributed by atoms with E-state index in [4.69, 9.17) is 10.0 Å². The largest absolute Gasteiger partial charge is 0.488 e.